The van der Waals surface area contributed by atoms with Gasteiger partial charge < -0.3 is 10.2 Å². The first-order chi connectivity index (χ1) is 10.5. The molecule has 0 aromatic rings. The molecular formula is C20H32O3. The average Bonchev–Trinajstić information content (AvgIpc) is 2.47. The van der Waals surface area contributed by atoms with Crippen LogP contribution in [0.15, 0.2) is 24.3 Å². The minimum atomic E-state index is -0.912. The molecule has 2 N–H and O–H groups in total. The fraction of sp³-hybridized carbons (Fsp3) is 0.750. The van der Waals surface area contributed by atoms with Crippen LogP contribution < -0.4 is 0 Å². The number of aliphatic hydroxyl groups excluding tert-OH is 1. The molecule has 0 saturated heterocycles. The van der Waals surface area contributed by atoms with Crippen molar-refractivity contribution in [1.29, 1.82) is 0 Å². The largest absolute Gasteiger partial charge is 0.393 e. The fourth-order valence-electron chi connectivity index (χ4n) is 4.83. The summed E-state index contributed by atoms with van der Waals surface area (Å²) in [6.45, 7) is 14.0. The molecular weight excluding hydrogens is 288 g/mol. The molecule has 2 rings (SSSR count). The first-order valence-corrected chi connectivity index (χ1v) is 8.72. The number of rotatable bonds is 4. The number of carbonyl (C=O) groups excluding carboxylic acids is 1. The third-order valence-electron chi connectivity index (χ3n) is 7.11. The molecule has 0 aliphatic heterocycles. The van der Waals surface area contributed by atoms with Crippen LogP contribution in [0.5, 0.6) is 0 Å². The number of carbonyl (C=O) groups is 1. The van der Waals surface area contributed by atoms with Gasteiger partial charge in [0.1, 0.15) is 0 Å². The zero-order valence-corrected chi connectivity index (χ0v) is 15.2. The Bertz CT molecular complexity index is 533. The van der Waals surface area contributed by atoms with Gasteiger partial charge in [0, 0.05) is 6.42 Å². The third kappa shape index (κ3) is 3.06. The maximum Gasteiger partial charge on any atom is 0.155 e. The highest BCUT2D eigenvalue weighted by Gasteiger charge is 2.57. The number of ketones is 1. The van der Waals surface area contributed by atoms with E-state index in [4.69, 9.17) is 0 Å². The minimum Gasteiger partial charge on any atom is -0.393 e. The summed E-state index contributed by atoms with van der Waals surface area (Å²) in [7, 11) is 0. The van der Waals surface area contributed by atoms with Crippen LogP contribution in [0.25, 0.3) is 0 Å². The van der Waals surface area contributed by atoms with Crippen molar-refractivity contribution in [2.75, 3.05) is 0 Å². The van der Waals surface area contributed by atoms with Gasteiger partial charge in [-0.05, 0) is 61.9 Å². The number of hydrogen-bond donors (Lipinski definition) is 2. The van der Waals surface area contributed by atoms with Crippen LogP contribution >= 0.6 is 0 Å². The highest BCUT2D eigenvalue weighted by atomic mass is 16.3. The molecule has 0 spiro atoms. The molecule has 0 radical (unpaired) electrons. The van der Waals surface area contributed by atoms with E-state index in [0.29, 0.717) is 19.3 Å². The van der Waals surface area contributed by atoms with E-state index in [2.05, 4.69) is 27.4 Å². The molecule has 1 saturated carbocycles. The molecule has 0 amide bonds. The molecule has 3 heteroatoms. The molecule has 2 aliphatic rings. The maximum absolute atomic E-state index is 12.2. The second-order valence-electron chi connectivity index (χ2n) is 8.60. The second kappa shape index (κ2) is 5.86. The molecule has 0 heterocycles. The molecule has 0 aromatic carbocycles. The predicted octanol–water partition coefficient (Wildman–Crippen LogP) is 3.65. The van der Waals surface area contributed by atoms with Gasteiger partial charge in [0.2, 0.25) is 0 Å². The Morgan fingerprint density at radius 2 is 2.09 bits per heavy atom. The topological polar surface area (TPSA) is 57.5 Å². The Hall–Kier alpha value is -0.930. The van der Waals surface area contributed by atoms with Gasteiger partial charge >= 0.3 is 0 Å². The lowest BCUT2D eigenvalue weighted by Gasteiger charge is -2.59. The zero-order valence-electron chi connectivity index (χ0n) is 15.2. The summed E-state index contributed by atoms with van der Waals surface area (Å²) in [6.07, 6.45) is 5.57. The van der Waals surface area contributed by atoms with Crippen molar-refractivity contribution in [3.63, 3.8) is 0 Å². The molecule has 130 valence electrons. The SMILES string of the molecule is C=CC(C)(O)CCC1(C)C(C)C(O)CC2(C)C(C)=CC(=O)CC21. The first kappa shape index (κ1) is 18.4. The van der Waals surface area contributed by atoms with Gasteiger partial charge in [-0.15, -0.1) is 6.58 Å². The van der Waals surface area contributed by atoms with Crippen molar-refractivity contribution in [3.05, 3.63) is 24.3 Å². The van der Waals surface area contributed by atoms with E-state index >= 15 is 0 Å². The Labute approximate surface area is 140 Å². The van der Waals surface area contributed by atoms with Gasteiger partial charge in [0.05, 0.1) is 11.7 Å². The zero-order chi connectivity index (χ0) is 17.6. The van der Waals surface area contributed by atoms with Crippen molar-refractivity contribution < 1.29 is 15.0 Å². The van der Waals surface area contributed by atoms with Crippen molar-refractivity contribution in [1.82, 2.24) is 0 Å². The second-order valence-corrected chi connectivity index (χ2v) is 8.60. The number of hydrogen-bond acceptors (Lipinski definition) is 3. The Balaban J connectivity index is 2.40. The monoisotopic (exact) mass is 320 g/mol. The van der Waals surface area contributed by atoms with Crippen molar-refractivity contribution in [2.24, 2.45) is 22.7 Å². The average molecular weight is 320 g/mol. The molecule has 3 nitrogen and oxygen atoms in total. The standard InChI is InChI=1S/C20H32O3/c1-7-18(4,23)8-9-19(5)14(3)16(22)12-20(6)13(2)10-15(21)11-17(19)20/h7,10,14,16-17,22-23H,1,8-9,11-12H2,2-6H3. The van der Waals surface area contributed by atoms with Crippen LogP contribution in [0.4, 0.5) is 0 Å². The summed E-state index contributed by atoms with van der Waals surface area (Å²) in [4.78, 5) is 12.2. The Morgan fingerprint density at radius 1 is 1.48 bits per heavy atom. The highest BCUT2D eigenvalue weighted by molar-refractivity contribution is 5.92. The number of fused-ring (bicyclic) bond motifs is 1. The summed E-state index contributed by atoms with van der Waals surface area (Å²) in [5, 5.41) is 21.0. The summed E-state index contributed by atoms with van der Waals surface area (Å²) in [5.41, 5.74) is -0.156. The van der Waals surface area contributed by atoms with E-state index in [1.807, 2.05) is 6.92 Å². The van der Waals surface area contributed by atoms with Crippen LogP contribution in [0, 0.1) is 22.7 Å². The summed E-state index contributed by atoms with van der Waals surface area (Å²) in [6, 6.07) is 0. The molecule has 6 unspecified atom stereocenters. The van der Waals surface area contributed by atoms with Gasteiger partial charge in [-0.1, -0.05) is 32.4 Å². The van der Waals surface area contributed by atoms with E-state index in [-0.39, 0.29) is 34.6 Å². The van der Waals surface area contributed by atoms with Gasteiger partial charge in [-0.25, -0.2) is 0 Å². The van der Waals surface area contributed by atoms with E-state index in [1.165, 1.54) is 0 Å². The smallest absolute Gasteiger partial charge is 0.155 e. The maximum atomic E-state index is 12.2. The minimum absolute atomic E-state index is 0.0971. The molecule has 1 fully saturated rings. The van der Waals surface area contributed by atoms with Crippen molar-refractivity contribution in [2.45, 2.75) is 72.0 Å². The first-order valence-electron chi connectivity index (χ1n) is 8.72. The fourth-order valence-corrected chi connectivity index (χ4v) is 4.83. The van der Waals surface area contributed by atoms with Crippen molar-refractivity contribution >= 4 is 5.78 Å². The van der Waals surface area contributed by atoms with E-state index in [1.54, 1.807) is 19.1 Å². The van der Waals surface area contributed by atoms with Gasteiger partial charge in [0.15, 0.2) is 5.78 Å². The predicted molar refractivity (Wildman–Crippen MR) is 92.9 cm³/mol. The van der Waals surface area contributed by atoms with E-state index < -0.39 is 5.60 Å². The number of aliphatic hydroxyl groups is 2. The summed E-state index contributed by atoms with van der Waals surface area (Å²) >= 11 is 0. The highest BCUT2D eigenvalue weighted by Crippen LogP contribution is 2.61. The lowest BCUT2D eigenvalue weighted by molar-refractivity contribution is -0.138. The van der Waals surface area contributed by atoms with E-state index in [9.17, 15) is 15.0 Å². The summed E-state index contributed by atoms with van der Waals surface area (Å²) < 4.78 is 0. The van der Waals surface area contributed by atoms with Crippen LogP contribution in [-0.2, 0) is 4.79 Å². The third-order valence-corrected chi connectivity index (χ3v) is 7.11. The molecule has 2 aliphatic carbocycles. The van der Waals surface area contributed by atoms with Crippen LogP contribution in [0.1, 0.15) is 60.3 Å². The van der Waals surface area contributed by atoms with Crippen LogP contribution in [0.2, 0.25) is 0 Å². The van der Waals surface area contributed by atoms with Gasteiger partial charge in [-0.2, -0.15) is 0 Å². The van der Waals surface area contributed by atoms with Crippen LogP contribution in [0.3, 0.4) is 0 Å². The summed E-state index contributed by atoms with van der Waals surface area (Å²) in [5.74, 6) is 0.488. The van der Waals surface area contributed by atoms with Gasteiger partial charge in [-0.3, -0.25) is 4.79 Å². The molecule has 23 heavy (non-hydrogen) atoms. The number of allylic oxidation sites excluding steroid dienone is 2. The van der Waals surface area contributed by atoms with Crippen LogP contribution in [-0.4, -0.2) is 27.7 Å². The molecule has 0 bridgehead atoms. The van der Waals surface area contributed by atoms with E-state index in [0.717, 1.165) is 12.0 Å². The van der Waals surface area contributed by atoms with Crippen molar-refractivity contribution in [3.8, 4) is 0 Å². The molecule has 0 aromatic heterocycles. The Morgan fingerprint density at radius 3 is 2.65 bits per heavy atom. The lowest BCUT2D eigenvalue weighted by atomic mass is 9.46. The Kier molecular flexibility index (Phi) is 4.69. The lowest BCUT2D eigenvalue weighted by Crippen LogP contribution is -2.56. The normalized spacial score (nSPS) is 43.3. The quantitative estimate of drug-likeness (QED) is 0.777. The molecule has 6 atom stereocenters. The van der Waals surface area contributed by atoms with Gasteiger partial charge in [0.25, 0.3) is 0 Å².